The maximum atomic E-state index is 11.3. The molecule has 7 nitrogen and oxygen atoms in total. The maximum Gasteiger partial charge on any atom is 0.313 e. The highest BCUT2D eigenvalue weighted by Crippen LogP contribution is 2.18. The van der Waals surface area contributed by atoms with Gasteiger partial charge in [0.1, 0.15) is 13.1 Å². The molecule has 1 amide bonds. The summed E-state index contributed by atoms with van der Waals surface area (Å²) in [5.41, 5.74) is 2.65. The first-order valence-electron chi connectivity index (χ1n) is 35.0. The SMILES string of the molecule is CC(C)C(=O)[NH2+]Cc1ccccc1.CCCCCCCCCCCCCCCCCC(=O)[O-].CCCCCCCCCCCCCCCCCC(=O)[O-].CCCCCCCCCCCCCCCCCC[N+](C)(C)Cc1ccccc1. The van der Waals surface area contributed by atoms with Crippen molar-refractivity contribution in [2.75, 3.05) is 20.6 Å². The van der Waals surface area contributed by atoms with Gasteiger partial charge in [-0.2, -0.15) is 0 Å². The lowest BCUT2D eigenvalue weighted by atomic mass is 10.0. The smallest absolute Gasteiger partial charge is 0.313 e. The van der Waals surface area contributed by atoms with Crippen LogP contribution in [0, 0.1) is 5.92 Å². The number of hydrogen-bond acceptors (Lipinski definition) is 5. The molecule has 0 saturated heterocycles. The molecular formula is C74H136N2O5. The molecule has 472 valence electrons. The molecule has 0 atom stereocenters. The van der Waals surface area contributed by atoms with Crippen molar-refractivity contribution in [3.8, 4) is 0 Å². The zero-order valence-corrected chi connectivity index (χ0v) is 55.0. The first kappa shape index (κ1) is 80.0. The minimum absolute atomic E-state index is 0.115. The number of quaternary nitrogens is 2. The molecule has 81 heavy (non-hydrogen) atoms. The zero-order chi connectivity index (χ0) is 59.8. The fraction of sp³-hybridized carbons (Fsp3) is 0.797. The Labute approximate surface area is 504 Å². The number of carboxylic acid groups (broad SMARTS) is 2. The average Bonchev–Trinajstić information content (AvgIpc) is 3.45. The van der Waals surface area contributed by atoms with Gasteiger partial charge in [-0.05, 0) is 52.4 Å². The normalized spacial score (nSPS) is 11.1. The van der Waals surface area contributed by atoms with Crippen molar-refractivity contribution in [3.63, 3.8) is 0 Å². The molecule has 0 bridgehead atoms. The molecule has 0 saturated carbocycles. The van der Waals surface area contributed by atoms with Crippen molar-refractivity contribution in [3.05, 3.63) is 71.8 Å². The molecule has 2 N–H and O–H groups in total. The van der Waals surface area contributed by atoms with E-state index in [0.717, 1.165) is 43.3 Å². The monoisotopic (exact) mass is 1130 g/mol. The van der Waals surface area contributed by atoms with E-state index < -0.39 is 11.9 Å². The minimum atomic E-state index is -0.903. The molecular weight excluding hydrogens is 997 g/mol. The van der Waals surface area contributed by atoms with Crippen LogP contribution in [0.5, 0.6) is 0 Å². The highest BCUT2D eigenvalue weighted by Gasteiger charge is 2.15. The van der Waals surface area contributed by atoms with E-state index in [0.29, 0.717) is 0 Å². The van der Waals surface area contributed by atoms with Crippen molar-refractivity contribution in [2.45, 2.75) is 356 Å². The van der Waals surface area contributed by atoms with E-state index in [-0.39, 0.29) is 24.7 Å². The van der Waals surface area contributed by atoms with Crippen molar-refractivity contribution in [1.82, 2.24) is 0 Å². The summed E-state index contributed by atoms with van der Waals surface area (Å²) < 4.78 is 1.11. The number of benzene rings is 2. The molecule has 0 aliphatic carbocycles. The second-order valence-corrected chi connectivity index (χ2v) is 25.2. The second-order valence-electron chi connectivity index (χ2n) is 25.2. The standard InChI is InChI=1S/C27H50N.2C18H36O2.C11H15NO/c1-4-5-6-7-8-9-10-11-12-13-14-15-16-17-18-22-25-28(2,3)26-27-23-20-19-21-24-27;2*1-2-3-4-5-6-7-8-9-10-11-12-13-14-15-16-17-18(19)20;1-9(2)11(13)12-8-10-6-4-3-5-7-10/h19-21,23-24H,4-18,22,25-26H2,1-3H3;2*2-17H2,1H3,(H,19,20);3-7,9H,8H2,1-2H3,(H,12,13)/q+1;;;/p-1. The first-order chi connectivity index (χ1) is 39.4. The second kappa shape index (κ2) is 64.5. The number of rotatable bonds is 54. The van der Waals surface area contributed by atoms with Gasteiger partial charge in [0.05, 0.1) is 26.6 Å². The quantitative estimate of drug-likeness (QED) is 0.0523. The number of amides is 1. The van der Waals surface area contributed by atoms with Crippen LogP contribution in [0.4, 0.5) is 0 Å². The van der Waals surface area contributed by atoms with E-state index in [1.165, 1.54) is 287 Å². The number of primary amides is 1. The summed E-state index contributed by atoms with van der Waals surface area (Å²) >= 11 is 0. The van der Waals surface area contributed by atoms with Crippen LogP contribution in [0.25, 0.3) is 0 Å². The minimum Gasteiger partial charge on any atom is -0.550 e. The Balaban J connectivity index is 0. The van der Waals surface area contributed by atoms with E-state index in [2.05, 4.69) is 65.2 Å². The molecule has 2 aromatic carbocycles. The zero-order valence-electron chi connectivity index (χ0n) is 55.0. The van der Waals surface area contributed by atoms with E-state index in [1.54, 1.807) is 5.32 Å². The van der Waals surface area contributed by atoms with Crippen LogP contribution in [-0.2, 0) is 27.5 Å². The number of carboxylic acids is 2. The Morgan fingerprint density at radius 2 is 0.593 bits per heavy atom. The summed E-state index contributed by atoms with van der Waals surface area (Å²) in [6.07, 6.45) is 62.9. The molecule has 0 fully saturated rings. The number of nitrogens with zero attached hydrogens (tertiary/aromatic N) is 1. The van der Waals surface area contributed by atoms with Gasteiger partial charge in [-0.3, -0.25) is 5.32 Å². The molecule has 7 heteroatoms. The third-order valence-electron chi connectivity index (χ3n) is 16.0. The van der Waals surface area contributed by atoms with Gasteiger partial charge >= 0.3 is 5.91 Å². The van der Waals surface area contributed by atoms with Crippen LogP contribution in [0.1, 0.15) is 354 Å². The number of nitrogens with two attached hydrogens (primary N) is 1. The van der Waals surface area contributed by atoms with Gasteiger partial charge in [-0.15, -0.1) is 0 Å². The number of carbonyl (C=O) groups excluding carboxylic acids is 3. The number of aliphatic carboxylic acids is 2. The van der Waals surface area contributed by atoms with Crippen LogP contribution in [0.2, 0.25) is 0 Å². The third kappa shape index (κ3) is 67.6. The fourth-order valence-electron chi connectivity index (χ4n) is 10.6. The van der Waals surface area contributed by atoms with E-state index in [1.807, 2.05) is 44.2 Å². The average molecular weight is 1130 g/mol. The molecule has 0 heterocycles. The van der Waals surface area contributed by atoms with Gasteiger partial charge in [0.2, 0.25) is 0 Å². The topological polar surface area (TPSA) is 114 Å². The van der Waals surface area contributed by atoms with E-state index in [4.69, 9.17) is 0 Å². The molecule has 2 aromatic rings. The van der Waals surface area contributed by atoms with E-state index in [9.17, 15) is 24.6 Å². The summed E-state index contributed by atoms with van der Waals surface area (Å²) in [6, 6.07) is 21.0. The predicted octanol–water partition coefficient (Wildman–Crippen LogP) is 19.5. The van der Waals surface area contributed by atoms with Crippen molar-refractivity contribution < 1.29 is 34.4 Å². The highest BCUT2D eigenvalue weighted by atomic mass is 16.4. The molecule has 0 unspecified atom stereocenters. The maximum absolute atomic E-state index is 11.3. The Bertz CT molecular complexity index is 1520. The van der Waals surface area contributed by atoms with Crippen molar-refractivity contribution >= 4 is 17.8 Å². The number of unbranched alkanes of at least 4 members (excludes halogenated alkanes) is 43. The first-order valence-corrected chi connectivity index (χ1v) is 35.0. The summed E-state index contributed by atoms with van der Waals surface area (Å²) in [5, 5.41) is 22.2. The van der Waals surface area contributed by atoms with Crippen LogP contribution >= 0.6 is 0 Å². The molecule has 0 aromatic heterocycles. The molecule has 2 rings (SSSR count). The van der Waals surface area contributed by atoms with Crippen LogP contribution < -0.4 is 15.5 Å². The largest absolute Gasteiger partial charge is 0.550 e. The lowest BCUT2D eigenvalue weighted by Gasteiger charge is -2.30. The Hall–Kier alpha value is -3.03. The number of carbonyl (C=O) groups is 3. The highest BCUT2D eigenvalue weighted by molar-refractivity contribution is 5.67. The summed E-state index contributed by atoms with van der Waals surface area (Å²) in [4.78, 5) is 31.7. The lowest BCUT2D eigenvalue weighted by Crippen LogP contribution is -2.87. The molecule has 0 aliphatic rings. The van der Waals surface area contributed by atoms with Gasteiger partial charge in [0.25, 0.3) is 0 Å². The molecule has 0 aliphatic heterocycles. The summed E-state index contributed by atoms with van der Waals surface area (Å²) in [5.74, 6) is -1.47. The van der Waals surface area contributed by atoms with Crippen LogP contribution in [0.15, 0.2) is 60.7 Å². The van der Waals surface area contributed by atoms with Crippen LogP contribution in [0.3, 0.4) is 0 Å². The lowest BCUT2D eigenvalue weighted by molar-refractivity contribution is -0.903. The Morgan fingerprint density at radius 1 is 0.358 bits per heavy atom. The summed E-state index contributed by atoms with van der Waals surface area (Å²) in [7, 11) is 4.75. The predicted molar refractivity (Wildman–Crippen MR) is 348 cm³/mol. The van der Waals surface area contributed by atoms with Crippen molar-refractivity contribution in [1.29, 1.82) is 0 Å². The number of hydrogen-bond donors (Lipinski definition) is 1. The Kier molecular flexibility index (Phi) is 63.8. The van der Waals surface area contributed by atoms with Gasteiger partial charge in [0.15, 0.2) is 0 Å². The molecule has 0 spiro atoms. The third-order valence-corrected chi connectivity index (χ3v) is 16.0. The van der Waals surface area contributed by atoms with E-state index >= 15 is 0 Å². The summed E-state index contributed by atoms with van der Waals surface area (Å²) in [6.45, 7) is 13.9. The molecule has 0 radical (unpaired) electrons. The van der Waals surface area contributed by atoms with Gasteiger partial charge in [0, 0.05) is 23.1 Å². The van der Waals surface area contributed by atoms with Gasteiger partial charge in [-0.25, -0.2) is 4.79 Å². The van der Waals surface area contributed by atoms with Crippen LogP contribution in [-0.4, -0.2) is 43.0 Å². The van der Waals surface area contributed by atoms with Gasteiger partial charge in [-0.1, -0.05) is 351 Å². The van der Waals surface area contributed by atoms with Gasteiger partial charge < -0.3 is 24.3 Å². The van der Waals surface area contributed by atoms with Crippen molar-refractivity contribution in [2.24, 2.45) is 5.92 Å². The Morgan fingerprint density at radius 3 is 0.840 bits per heavy atom. The fourth-order valence-corrected chi connectivity index (χ4v) is 10.6.